The van der Waals surface area contributed by atoms with Crippen molar-refractivity contribution in [2.75, 3.05) is 6.54 Å². The summed E-state index contributed by atoms with van der Waals surface area (Å²) in [5.41, 5.74) is 2.38. The van der Waals surface area contributed by atoms with Gasteiger partial charge in [-0.25, -0.2) is 0 Å². The zero-order valence-corrected chi connectivity index (χ0v) is 10.9. The molecule has 0 spiro atoms. The average Bonchev–Trinajstić information content (AvgIpc) is 2.64. The molecule has 0 saturated carbocycles. The third kappa shape index (κ3) is 2.70. The highest BCUT2D eigenvalue weighted by Gasteiger charge is 2.14. The van der Waals surface area contributed by atoms with Gasteiger partial charge >= 0.3 is 0 Å². The van der Waals surface area contributed by atoms with Gasteiger partial charge in [-0.1, -0.05) is 39.0 Å². The highest BCUT2D eigenvalue weighted by molar-refractivity contribution is 5.82. The summed E-state index contributed by atoms with van der Waals surface area (Å²) in [6.07, 6.45) is 1.08. The van der Waals surface area contributed by atoms with Crippen molar-refractivity contribution in [3.05, 3.63) is 35.6 Å². The van der Waals surface area contributed by atoms with E-state index in [1.54, 1.807) is 0 Å². The third-order valence-electron chi connectivity index (χ3n) is 2.93. The topological polar surface area (TPSA) is 25.2 Å². The van der Waals surface area contributed by atoms with Crippen LogP contribution in [0.3, 0.4) is 0 Å². The molecular weight excluding hydrogens is 210 g/mol. The van der Waals surface area contributed by atoms with Gasteiger partial charge in [-0.15, -0.1) is 0 Å². The molecule has 0 atom stereocenters. The van der Waals surface area contributed by atoms with Crippen LogP contribution in [0.4, 0.5) is 0 Å². The van der Waals surface area contributed by atoms with E-state index < -0.39 is 0 Å². The standard InChI is InChI=1S/C15H21NO/c1-4-16-10-15-13(9-11(2)3)12-7-5-6-8-14(12)17-15/h5-8,11,16H,4,9-10H2,1-3H3. The van der Waals surface area contributed by atoms with Gasteiger partial charge in [0.1, 0.15) is 11.3 Å². The van der Waals surface area contributed by atoms with Gasteiger partial charge in [0.05, 0.1) is 6.54 Å². The largest absolute Gasteiger partial charge is 0.459 e. The minimum atomic E-state index is 0.649. The van der Waals surface area contributed by atoms with Gasteiger partial charge in [-0.05, 0) is 24.9 Å². The Bertz CT molecular complexity index is 485. The summed E-state index contributed by atoms with van der Waals surface area (Å²) in [5, 5.41) is 4.62. The van der Waals surface area contributed by atoms with E-state index in [1.807, 2.05) is 6.07 Å². The minimum absolute atomic E-state index is 0.649. The summed E-state index contributed by atoms with van der Waals surface area (Å²) < 4.78 is 5.94. The first-order chi connectivity index (χ1) is 8.22. The Labute approximate surface area is 103 Å². The van der Waals surface area contributed by atoms with Crippen LogP contribution < -0.4 is 5.32 Å². The number of nitrogens with one attached hydrogen (secondary N) is 1. The third-order valence-corrected chi connectivity index (χ3v) is 2.93. The molecule has 2 nitrogen and oxygen atoms in total. The Balaban J connectivity index is 2.41. The van der Waals surface area contributed by atoms with Gasteiger partial charge in [-0.3, -0.25) is 0 Å². The van der Waals surface area contributed by atoms with Gasteiger partial charge in [0.2, 0.25) is 0 Å². The van der Waals surface area contributed by atoms with Gasteiger partial charge < -0.3 is 9.73 Å². The molecule has 0 amide bonds. The predicted octanol–water partition coefficient (Wildman–Crippen LogP) is 3.74. The number of furan rings is 1. The minimum Gasteiger partial charge on any atom is -0.459 e. The fraction of sp³-hybridized carbons (Fsp3) is 0.467. The van der Waals surface area contributed by atoms with Crippen LogP contribution in [0, 0.1) is 5.92 Å². The Kier molecular flexibility index (Phi) is 3.85. The summed E-state index contributed by atoms with van der Waals surface area (Å²) in [4.78, 5) is 0. The summed E-state index contributed by atoms with van der Waals surface area (Å²) in [6, 6.07) is 8.32. The summed E-state index contributed by atoms with van der Waals surface area (Å²) in [5.74, 6) is 1.75. The van der Waals surface area contributed by atoms with E-state index >= 15 is 0 Å². The maximum absolute atomic E-state index is 5.94. The molecule has 92 valence electrons. The quantitative estimate of drug-likeness (QED) is 0.848. The van der Waals surface area contributed by atoms with Crippen molar-refractivity contribution in [3.8, 4) is 0 Å². The Morgan fingerprint density at radius 1 is 1.24 bits per heavy atom. The van der Waals surface area contributed by atoms with E-state index in [1.165, 1.54) is 10.9 Å². The van der Waals surface area contributed by atoms with Gasteiger partial charge in [0, 0.05) is 10.9 Å². The van der Waals surface area contributed by atoms with E-state index in [0.717, 1.165) is 30.9 Å². The number of benzene rings is 1. The van der Waals surface area contributed by atoms with Gasteiger partial charge in [0.25, 0.3) is 0 Å². The number of hydrogen-bond acceptors (Lipinski definition) is 2. The molecule has 17 heavy (non-hydrogen) atoms. The molecule has 1 heterocycles. The SMILES string of the molecule is CCNCc1oc2ccccc2c1CC(C)C. The molecule has 0 aliphatic rings. The van der Waals surface area contributed by atoms with Crippen LogP contribution in [0.1, 0.15) is 32.1 Å². The van der Waals surface area contributed by atoms with Crippen molar-refractivity contribution in [1.29, 1.82) is 0 Å². The Hall–Kier alpha value is -1.28. The lowest BCUT2D eigenvalue weighted by Crippen LogP contribution is -2.12. The van der Waals surface area contributed by atoms with Crippen LogP contribution in [-0.2, 0) is 13.0 Å². The van der Waals surface area contributed by atoms with Crippen molar-refractivity contribution < 1.29 is 4.42 Å². The number of rotatable bonds is 5. The van der Waals surface area contributed by atoms with E-state index in [4.69, 9.17) is 4.42 Å². The molecule has 1 N–H and O–H groups in total. The van der Waals surface area contributed by atoms with Crippen LogP contribution in [-0.4, -0.2) is 6.54 Å². The summed E-state index contributed by atoms with van der Waals surface area (Å²) in [6.45, 7) is 8.41. The smallest absolute Gasteiger partial charge is 0.134 e. The highest BCUT2D eigenvalue weighted by atomic mass is 16.3. The molecule has 2 rings (SSSR count). The Morgan fingerprint density at radius 3 is 2.71 bits per heavy atom. The van der Waals surface area contributed by atoms with Crippen LogP contribution >= 0.6 is 0 Å². The fourth-order valence-electron chi connectivity index (χ4n) is 2.16. The van der Waals surface area contributed by atoms with Crippen LogP contribution in [0.15, 0.2) is 28.7 Å². The second kappa shape index (κ2) is 5.37. The van der Waals surface area contributed by atoms with E-state index in [9.17, 15) is 0 Å². The monoisotopic (exact) mass is 231 g/mol. The number of para-hydroxylation sites is 1. The number of hydrogen-bond donors (Lipinski definition) is 1. The molecule has 0 fully saturated rings. The van der Waals surface area contributed by atoms with Crippen molar-refractivity contribution >= 4 is 11.0 Å². The Morgan fingerprint density at radius 2 is 2.00 bits per heavy atom. The fourth-order valence-corrected chi connectivity index (χ4v) is 2.16. The highest BCUT2D eigenvalue weighted by Crippen LogP contribution is 2.27. The molecule has 0 radical (unpaired) electrons. The lowest BCUT2D eigenvalue weighted by Gasteiger charge is -2.06. The van der Waals surface area contributed by atoms with E-state index in [-0.39, 0.29) is 0 Å². The maximum Gasteiger partial charge on any atom is 0.134 e. The lowest BCUT2D eigenvalue weighted by atomic mass is 10.00. The molecule has 0 aliphatic carbocycles. The second-order valence-electron chi connectivity index (χ2n) is 4.88. The normalized spacial score (nSPS) is 11.5. The van der Waals surface area contributed by atoms with E-state index in [0.29, 0.717) is 5.92 Å². The molecule has 0 bridgehead atoms. The first-order valence-corrected chi connectivity index (χ1v) is 6.42. The average molecular weight is 231 g/mol. The molecule has 2 heteroatoms. The predicted molar refractivity (Wildman–Crippen MR) is 72.1 cm³/mol. The van der Waals surface area contributed by atoms with Gasteiger partial charge in [-0.2, -0.15) is 0 Å². The van der Waals surface area contributed by atoms with Crippen LogP contribution in [0.25, 0.3) is 11.0 Å². The summed E-state index contributed by atoms with van der Waals surface area (Å²) >= 11 is 0. The lowest BCUT2D eigenvalue weighted by molar-refractivity contribution is 0.506. The molecule has 1 aromatic heterocycles. The molecule has 0 saturated heterocycles. The van der Waals surface area contributed by atoms with Crippen molar-refractivity contribution in [1.82, 2.24) is 5.32 Å². The maximum atomic E-state index is 5.94. The van der Waals surface area contributed by atoms with Crippen molar-refractivity contribution in [2.45, 2.75) is 33.7 Å². The number of fused-ring (bicyclic) bond motifs is 1. The first kappa shape index (κ1) is 12.2. The molecule has 1 aromatic carbocycles. The molecule has 0 unspecified atom stereocenters. The summed E-state index contributed by atoms with van der Waals surface area (Å²) in [7, 11) is 0. The first-order valence-electron chi connectivity index (χ1n) is 6.42. The zero-order valence-electron chi connectivity index (χ0n) is 10.9. The van der Waals surface area contributed by atoms with Crippen LogP contribution in [0.2, 0.25) is 0 Å². The molecule has 0 aliphatic heterocycles. The molecule has 2 aromatic rings. The van der Waals surface area contributed by atoms with Crippen molar-refractivity contribution in [3.63, 3.8) is 0 Å². The van der Waals surface area contributed by atoms with Crippen LogP contribution in [0.5, 0.6) is 0 Å². The van der Waals surface area contributed by atoms with Crippen molar-refractivity contribution in [2.24, 2.45) is 5.92 Å². The zero-order chi connectivity index (χ0) is 12.3. The second-order valence-corrected chi connectivity index (χ2v) is 4.88. The van der Waals surface area contributed by atoms with Gasteiger partial charge in [0.15, 0.2) is 0 Å². The van der Waals surface area contributed by atoms with E-state index in [2.05, 4.69) is 44.3 Å². The molecular formula is C15H21NO.